The lowest BCUT2D eigenvalue weighted by Crippen LogP contribution is -2.62. The second-order valence-electron chi connectivity index (χ2n) is 19.0. The molecular formula is C48H52BN. The summed E-state index contributed by atoms with van der Waals surface area (Å²) >= 11 is 0. The van der Waals surface area contributed by atoms with E-state index in [4.69, 9.17) is 0 Å². The molecule has 50 heavy (non-hydrogen) atoms. The predicted molar refractivity (Wildman–Crippen MR) is 216 cm³/mol. The Balaban J connectivity index is 1.42. The van der Waals surface area contributed by atoms with E-state index in [1.54, 1.807) is 5.56 Å². The van der Waals surface area contributed by atoms with Gasteiger partial charge >= 0.3 is 0 Å². The van der Waals surface area contributed by atoms with Crippen LogP contribution in [0.5, 0.6) is 0 Å². The highest BCUT2D eigenvalue weighted by Gasteiger charge is 2.47. The molecule has 0 aromatic heterocycles. The molecule has 9 rings (SSSR count). The van der Waals surface area contributed by atoms with Crippen molar-refractivity contribution in [1.82, 2.24) is 0 Å². The summed E-state index contributed by atoms with van der Waals surface area (Å²) in [6.07, 6.45) is 2.41. The molecule has 1 unspecified atom stereocenters. The summed E-state index contributed by atoms with van der Waals surface area (Å²) < 4.78 is 0. The molecular weight excluding hydrogens is 601 g/mol. The third-order valence-electron chi connectivity index (χ3n) is 13.4. The van der Waals surface area contributed by atoms with Crippen LogP contribution in [0.3, 0.4) is 0 Å². The Morgan fingerprint density at radius 1 is 0.640 bits per heavy atom. The Morgan fingerprint density at radius 2 is 1.32 bits per heavy atom. The van der Waals surface area contributed by atoms with Gasteiger partial charge in [0.05, 0.1) is 5.69 Å². The van der Waals surface area contributed by atoms with Gasteiger partial charge in [-0.15, -0.1) is 0 Å². The van der Waals surface area contributed by atoms with Gasteiger partial charge < -0.3 is 4.90 Å². The van der Waals surface area contributed by atoms with Gasteiger partial charge in [-0.25, -0.2) is 0 Å². The minimum Gasteiger partial charge on any atom is -0.311 e. The van der Waals surface area contributed by atoms with E-state index in [-0.39, 0.29) is 28.4 Å². The van der Waals surface area contributed by atoms with Gasteiger partial charge in [-0.05, 0) is 121 Å². The number of benzene rings is 5. The molecule has 0 radical (unpaired) electrons. The van der Waals surface area contributed by atoms with E-state index in [1.165, 1.54) is 96.4 Å². The molecule has 5 aromatic rings. The lowest BCUT2D eigenvalue weighted by atomic mass is 9.30. The molecule has 252 valence electrons. The number of hydrogen-bond acceptors (Lipinski definition) is 1. The molecule has 0 spiro atoms. The number of anilines is 3. The fourth-order valence-corrected chi connectivity index (χ4v) is 10.4. The third-order valence-corrected chi connectivity index (χ3v) is 13.4. The second-order valence-corrected chi connectivity index (χ2v) is 19.0. The monoisotopic (exact) mass is 653 g/mol. The lowest BCUT2D eigenvalue weighted by molar-refractivity contribution is 0.332. The molecule has 2 aliphatic carbocycles. The van der Waals surface area contributed by atoms with Crippen LogP contribution in [0.2, 0.25) is 0 Å². The highest BCUT2D eigenvalue weighted by molar-refractivity contribution is 6.99. The number of hydrogen-bond donors (Lipinski definition) is 0. The SMILES string of the molecule is Cc1cc2c3c(c1)N(c1cccc4c1C(C)(C)c1ccccc1-4)c1cc4c(cc1B3c1cc(C(C)(C)C)ccc1C2C)C(C)(C)CCC4(C)C. The average Bonchev–Trinajstić information content (AvgIpc) is 3.30. The molecule has 1 nitrogen and oxygen atoms in total. The van der Waals surface area contributed by atoms with Crippen LogP contribution in [0, 0.1) is 6.92 Å². The van der Waals surface area contributed by atoms with Crippen molar-refractivity contribution in [3.05, 3.63) is 129 Å². The van der Waals surface area contributed by atoms with Gasteiger partial charge in [0.15, 0.2) is 0 Å². The van der Waals surface area contributed by atoms with Gasteiger partial charge in [0.25, 0.3) is 0 Å². The molecule has 2 aliphatic heterocycles. The zero-order valence-corrected chi connectivity index (χ0v) is 32.1. The summed E-state index contributed by atoms with van der Waals surface area (Å²) in [5, 5.41) is 0. The van der Waals surface area contributed by atoms with E-state index >= 15 is 0 Å². The van der Waals surface area contributed by atoms with E-state index in [1.807, 2.05) is 0 Å². The summed E-state index contributed by atoms with van der Waals surface area (Å²) in [6, 6.07) is 34.0. The minimum absolute atomic E-state index is 0.0746. The summed E-state index contributed by atoms with van der Waals surface area (Å²) in [7, 11) is 0. The van der Waals surface area contributed by atoms with Gasteiger partial charge in [0, 0.05) is 22.7 Å². The Hall–Kier alpha value is -4.04. The quantitative estimate of drug-likeness (QED) is 0.160. The molecule has 0 amide bonds. The van der Waals surface area contributed by atoms with Crippen molar-refractivity contribution in [2.45, 2.75) is 117 Å². The van der Waals surface area contributed by atoms with Crippen LogP contribution in [0.15, 0.2) is 84.9 Å². The second kappa shape index (κ2) is 10.1. The highest BCUT2D eigenvalue weighted by Crippen LogP contribution is 2.56. The van der Waals surface area contributed by atoms with Crippen LogP contribution < -0.4 is 21.3 Å². The van der Waals surface area contributed by atoms with Crippen molar-refractivity contribution < 1.29 is 0 Å². The first kappa shape index (κ1) is 31.9. The molecule has 0 N–H and O–H groups in total. The van der Waals surface area contributed by atoms with Crippen LogP contribution in [0.1, 0.15) is 133 Å². The normalized spacial score (nSPS) is 19.9. The van der Waals surface area contributed by atoms with E-state index < -0.39 is 0 Å². The van der Waals surface area contributed by atoms with Crippen LogP contribution in [-0.2, 0) is 21.7 Å². The Kier molecular flexibility index (Phi) is 6.42. The molecule has 1 atom stereocenters. The fraction of sp³-hybridized carbons (Fsp3) is 0.375. The third kappa shape index (κ3) is 4.20. The maximum atomic E-state index is 2.72. The van der Waals surface area contributed by atoms with Gasteiger partial charge in [-0.2, -0.15) is 0 Å². The topological polar surface area (TPSA) is 3.24 Å². The van der Waals surface area contributed by atoms with Crippen molar-refractivity contribution in [2.75, 3.05) is 4.90 Å². The van der Waals surface area contributed by atoms with Gasteiger partial charge in [0.2, 0.25) is 6.71 Å². The van der Waals surface area contributed by atoms with Crippen molar-refractivity contribution in [2.24, 2.45) is 0 Å². The highest BCUT2D eigenvalue weighted by atomic mass is 15.2. The molecule has 0 fully saturated rings. The Labute approximate surface area is 301 Å². The first-order valence-corrected chi connectivity index (χ1v) is 19.0. The molecule has 2 heteroatoms. The fourth-order valence-electron chi connectivity index (χ4n) is 10.4. The van der Waals surface area contributed by atoms with E-state index in [9.17, 15) is 0 Å². The maximum absolute atomic E-state index is 2.72. The average molecular weight is 654 g/mol. The smallest absolute Gasteiger partial charge is 0.247 e. The zero-order valence-electron chi connectivity index (χ0n) is 32.1. The Morgan fingerprint density at radius 3 is 2.04 bits per heavy atom. The number of nitrogens with zero attached hydrogens (tertiary/aromatic N) is 1. The van der Waals surface area contributed by atoms with Gasteiger partial charge in [0.1, 0.15) is 0 Å². The predicted octanol–water partition coefficient (Wildman–Crippen LogP) is 10.7. The standard InChI is InChI=1S/C48H52BN/c1-28-23-34-29(2)31-20-19-30(45(3,4)5)25-38(31)49-39-26-36-37(47(8,9)22-21-46(36,6)7)27-41(39)50(42(24-28)44(34)49)40-18-14-16-33-32-15-12-13-17-35(32)48(10,11)43(33)40/h12-20,23-27,29H,21-22H2,1-11H3. The minimum atomic E-state index is -0.125. The summed E-state index contributed by atoms with van der Waals surface area (Å²) in [5.74, 6) is 0.322. The van der Waals surface area contributed by atoms with Crippen LogP contribution in [0.25, 0.3) is 11.1 Å². The molecule has 5 aromatic carbocycles. The van der Waals surface area contributed by atoms with Crippen LogP contribution in [0.4, 0.5) is 17.1 Å². The molecule has 0 saturated heterocycles. The molecule has 0 saturated carbocycles. The van der Waals surface area contributed by atoms with E-state index in [0.29, 0.717) is 5.92 Å². The van der Waals surface area contributed by atoms with Crippen molar-refractivity contribution >= 4 is 40.2 Å². The summed E-state index contributed by atoms with van der Waals surface area (Å²) in [6.45, 7) is 26.8. The van der Waals surface area contributed by atoms with E-state index in [2.05, 4.69) is 166 Å². The largest absolute Gasteiger partial charge is 0.311 e. The first-order chi connectivity index (χ1) is 23.5. The van der Waals surface area contributed by atoms with Crippen LogP contribution in [-0.4, -0.2) is 6.71 Å². The van der Waals surface area contributed by atoms with Crippen molar-refractivity contribution in [3.63, 3.8) is 0 Å². The Bertz CT molecular complexity index is 2280. The maximum Gasteiger partial charge on any atom is 0.247 e. The lowest BCUT2D eigenvalue weighted by Gasteiger charge is -2.47. The number of fused-ring (bicyclic) bond motifs is 8. The number of rotatable bonds is 1. The molecule has 0 bridgehead atoms. The first-order valence-electron chi connectivity index (χ1n) is 19.0. The van der Waals surface area contributed by atoms with Gasteiger partial charge in [-0.1, -0.05) is 141 Å². The van der Waals surface area contributed by atoms with Crippen molar-refractivity contribution in [1.29, 1.82) is 0 Å². The van der Waals surface area contributed by atoms with Crippen molar-refractivity contribution in [3.8, 4) is 11.1 Å². The van der Waals surface area contributed by atoms with E-state index in [0.717, 1.165) is 0 Å². The number of aryl methyl sites for hydroxylation is 1. The zero-order chi connectivity index (χ0) is 35.3. The van der Waals surface area contributed by atoms with Gasteiger partial charge in [-0.3, -0.25) is 0 Å². The molecule has 4 aliphatic rings. The summed E-state index contributed by atoms with van der Waals surface area (Å²) in [5.41, 5.74) is 23.1. The van der Waals surface area contributed by atoms with Crippen LogP contribution >= 0.6 is 0 Å². The summed E-state index contributed by atoms with van der Waals surface area (Å²) in [4.78, 5) is 2.72. The molecule has 2 heterocycles.